The summed E-state index contributed by atoms with van der Waals surface area (Å²) < 4.78 is 10.3. The number of hydrogen-bond donors (Lipinski definition) is 1. The molecule has 0 radical (unpaired) electrons. The van der Waals surface area contributed by atoms with E-state index < -0.39 is 5.97 Å². The molecule has 1 aromatic carbocycles. The fourth-order valence-electron chi connectivity index (χ4n) is 1.14. The number of benzene rings is 1. The number of aromatic carboxylic acids is 1. The Morgan fingerprint density at radius 2 is 2.20 bits per heavy atom. The van der Waals surface area contributed by atoms with Crippen molar-refractivity contribution in [1.29, 1.82) is 0 Å². The van der Waals surface area contributed by atoms with Gasteiger partial charge < -0.3 is 14.6 Å². The van der Waals surface area contributed by atoms with Crippen LogP contribution in [0.1, 0.15) is 23.7 Å². The summed E-state index contributed by atoms with van der Waals surface area (Å²) in [4.78, 5) is 10.9. The molecule has 0 aliphatic heterocycles. The van der Waals surface area contributed by atoms with E-state index in [1.54, 1.807) is 12.1 Å². The van der Waals surface area contributed by atoms with Crippen LogP contribution >= 0.6 is 0 Å². The van der Waals surface area contributed by atoms with Gasteiger partial charge in [-0.1, -0.05) is 6.92 Å². The molecule has 4 nitrogen and oxygen atoms in total. The van der Waals surface area contributed by atoms with Crippen LogP contribution in [-0.4, -0.2) is 24.8 Å². The minimum Gasteiger partial charge on any atom is -0.497 e. The van der Waals surface area contributed by atoms with Crippen molar-refractivity contribution in [2.45, 2.75) is 13.3 Å². The third kappa shape index (κ3) is 2.87. The maximum absolute atomic E-state index is 10.9. The second-order valence-electron chi connectivity index (χ2n) is 3.02. The predicted octanol–water partition coefficient (Wildman–Crippen LogP) is 2.18. The van der Waals surface area contributed by atoms with Crippen molar-refractivity contribution in [3.63, 3.8) is 0 Å². The second kappa shape index (κ2) is 5.24. The summed E-state index contributed by atoms with van der Waals surface area (Å²) in [5.41, 5.74) is 0.128. The van der Waals surface area contributed by atoms with Gasteiger partial charge in [0.15, 0.2) is 0 Å². The van der Waals surface area contributed by atoms with Crippen LogP contribution in [0.5, 0.6) is 11.5 Å². The van der Waals surface area contributed by atoms with Crippen molar-refractivity contribution < 1.29 is 19.4 Å². The van der Waals surface area contributed by atoms with E-state index in [1.165, 1.54) is 13.2 Å². The number of carboxylic acid groups (broad SMARTS) is 1. The van der Waals surface area contributed by atoms with E-state index in [0.29, 0.717) is 18.1 Å². The maximum atomic E-state index is 10.9. The average Bonchev–Trinajstić information content (AvgIpc) is 2.26. The summed E-state index contributed by atoms with van der Waals surface area (Å²) in [5, 5.41) is 8.95. The monoisotopic (exact) mass is 210 g/mol. The molecule has 0 saturated heterocycles. The van der Waals surface area contributed by atoms with Crippen LogP contribution in [0, 0.1) is 0 Å². The van der Waals surface area contributed by atoms with E-state index in [0.717, 1.165) is 6.42 Å². The molecule has 1 N–H and O–H groups in total. The number of carboxylic acids is 1. The minimum absolute atomic E-state index is 0.128. The lowest BCUT2D eigenvalue weighted by Gasteiger charge is -2.09. The van der Waals surface area contributed by atoms with Gasteiger partial charge in [-0.05, 0) is 24.6 Å². The van der Waals surface area contributed by atoms with E-state index in [4.69, 9.17) is 14.6 Å². The predicted molar refractivity (Wildman–Crippen MR) is 55.7 cm³/mol. The molecule has 0 fully saturated rings. The van der Waals surface area contributed by atoms with Crippen LogP contribution in [0.25, 0.3) is 0 Å². The van der Waals surface area contributed by atoms with Crippen molar-refractivity contribution >= 4 is 5.97 Å². The molecule has 0 spiro atoms. The van der Waals surface area contributed by atoms with Gasteiger partial charge in [0.05, 0.1) is 13.7 Å². The minimum atomic E-state index is -1.01. The number of hydrogen-bond acceptors (Lipinski definition) is 3. The second-order valence-corrected chi connectivity index (χ2v) is 3.02. The first-order chi connectivity index (χ1) is 7.19. The van der Waals surface area contributed by atoms with Gasteiger partial charge in [-0.25, -0.2) is 4.79 Å². The summed E-state index contributed by atoms with van der Waals surface area (Å²) >= 11 is 0. The highest BCUT2D eigenvalue weighted by atomic mass is 16.5. The van der Waals surface area contributed by atoms with E-state index in [1.807, 2.05) is 6.92 Å². The van der Waals surface area contributed by atoms with Crippen molar-refractivity contribution in [3.05, 3.63) is 23.8 Å². The lowest BCUT2D eigenvalue weighted by molar-refractivity contribution is 0.0692. The first-order valence-electron chi connectivity index (χ1n) is 4.73. The van der Waals surface area contributed by atoms with Crippen molar-refractivity contribution in [3.8, 4) is 11.5 Å². The van der Waals surface area contributed by atoms with Gasteiger partial charge in [0.25, 0.3) is 0 Å². The molecule has 4 heteroatoms. The fraction of sp³-hybridized carbons (Fsp3) is 0.364. The number of rotatable bonds is 5. The highest BCUT2D eigenvalue weighted by Gasteiger charge is 2.12. The highest BCUT2D eigenvalue weighted by molar-refractivity contribution is 5.91. The topological polar surface area (TPSA) is 55.8 Å². The third-order valence-electron chi connectivity index (χ3n) is 1.88. The van der Waals surface area contributed by atoms with E-state index >= 15 is 0 Å². The third-order valence-corrected chi connectivity index (χ3v) is 1.88. The maximum Gasteiger partial charge on any atom is 0.339 e. The van der Waals surface area contributed by atoms with Crippen LogP contribution in [0.15, 0.2) is 18.2 Å². The zero-order valence-corrected chi connectivity index (χ0v) is 8.82. The van der Waals surface area contributed by atoms with Gasteiger partial charge in [0, 0.05) is 0 Å². The smallest absolute Gasteiger partial charge is 0.339 e. The van der Waals surface area contributed by atoms with Crippen LogP contribution < -0.4 is 9.47 Å². The van der Waals surface area contributed by atoms with Crippen molar-refractivity contribution in [2.24, 2.45) is 0 Å². The molecule has 0 amide bonds. The number of ether oxygens (including phenoxy) is 2. The van der Waals surface area contributed by atoms with Crippen LogP contribution in [0.4, 0.5) is 0 Å². The Labute approximate surface area is 88.4 Å². The SMILES string of the molecule is CCCOc1ccc(OC)cc1C(=O)O. The van der Waals surface area contributed by atoms with Crippen LogP contribution in [0.2, 0.25) is 0 Å². The molecule has 0 heterocycles. The lowest BCUT2D eigenvalue weighted by Crippen LogP contribution is -2.04. The van der Waals surface area contributed by atoms with Gasteiger partial charge in [0.1, 0.15) is 17.1 Å². The van der Waals surface area contributed by atoms with Gasteiger partial charge in [-0.15, -0.1) is 0 Å². The molecule has 82 valence electrons. The summed E-state index contributed by atoms with van der Waals surface area (Å²) in [5.74, 6) is -0.124. The Morgan fingerprint density at radius 3 is 2.73 bits per heavy atom. The largest absolute Gasteiger partial charge is 0.497 e. The molecule has 0 bridgehead atoms. The molecule has 0 aliphatic carbocycles. The molecule has 1 rings (SSSR count). The standard InChI is InChI=1S/C11H14O4/c1-3-6-15-10-5-4-8(14-2)7-9(10)11(12)13/h4-5,7H,3,6H2,1-2H3,(H,12,13). The molecular weight excluding hydrogens is 196 g/mol. The number of methoxy groups -OCH3 is 1. The van der Waals surface area contributed by atoms with E-state index in [-0.39, 0.29) is 5.56 Å². The summed E-state index contributed by atoms with van der Waals surface area (Å²) in [6.45, 7) is 2.47. The first kappa shape index (κ1) is 11.4. The molecule has 0 unspecified atom stereocenters. The van der Waals surface area contributed by atoms with Gasteiger partial charge in [-0.3, -0.25) is 0 Å². The van der Waals surface area contributed by atoms with Gasteiger partial charge >= 0.3 is 5.97 Å². The van der Waals surface area contributed by atoms with Crippen LogP contribution in [0.3, 0.4) is 0 Å². The molecule has 15 heavy (non-hydrogen) atoms. The Hall–Kier alpha value is -1.71. The zero-order valence-electron chi connectivity index (χ0n) is 8.82. The Bertz CT molecular complexity index is 346. The van der Waals surface area contributed by atoms with Crippen LogP contribution in [-0.2, 0) is 0 Å². The van der Waals surface area contributed by atoms with Gasteiger partial charge in [-0.2, -0.15) is 0 Å². The zero-order chi connectivity index (χ0) is 11.3. The molecule has 0 aliphatic rings. The highest BCUT2D eigenvalue weighted by Crippen LogP contribution is 2.24. The summed E-state index contributed by atoms with van der Waals surface area (Å²) in [7, 11) is 1.49. The molecule has 0 saturated carbocycles. The summed E-state index contributed by atoms with van der Waals surface area (Å²) in [6.07, 6.45) is 0.838. The quantitative estimate of drug-likeness (QED) is 0.809. The average molecular weight is 210 g/mol. The molecule has 1 aromatic rings. The Balaban J connectivity index is 2.98. The Kier molecular flexibility index (Phi) is 3.97. The lowest BCUT2D eigenvalue weighted by atomic mass is 10.2. The summed E-state index contributed by atoms with van der Waals surface area (Å²) in [6, 6.07) is 4.74. The first-order valence-corrected chi connectivity index (χ1v) is 4.73. The number of carbonyl (C=O) groups is 1. The van der Waals surface area contributed by atoms with E-state index in [9.17, 15) is 4.79 Å². The van der Waals surface area contributed by atoms with E-state index in [2.05, 4.69) is 0 Å². The molecule has 0 aromatic heterocycles. The van der Waals surface area contributed by atoms with Crippen molar-refractivity contribution in [1.82, 2.24) is 0 Å². The molecular formula is C11H14O4. The Morgan fingerprint density at radius 1 is 1.47 bits per heavy atom. The van der Waals surface area contributed by atoms with Gasteiger partial charge in [0.2, 0.25) is 0 Å². The van der Waals surface area contributed by atoms with Crippen molar-refractivity contribution in [2.75, 3.05) is 13.7 Å². The normalized spacial score (nSPS) is 9.73. The molecule has 0 atom stereocenters. The fourth-order valence-corrected chi connectivity index (χ4v) is 1.14.